The summed E-state index contributed by atoms with van der Waals surface area (Å²) in [6.45, 7) is 2.57. The van der Waals surface area contributed by atoms with Crippen LogP contribution in [0.1, 0.15) is 37.0 Å². The van der Waals surface area contributed by atoms with Crippen molar-refractivity contribution in [2.45, 2.75) is 94.5 Å². The lowest BCUT2D eigenvalue weighted by atomic mass is 9.82. The first-order valence-corrected chi connectivity index (χ1v) is 17.8. The van der Waals surface area contributed by atoms with Crippen molar-refractivity contribution < 1.29 is 58.5 Å². The first kappa shape index (κ1) is 40.4. The van der Waals surface area contributed by atoms with Gasteiger partial charge in [0.25, 0.3) is 0 Å². The highest BCUT2D eigenvalue weighted by molar-refractivity contribution is 5.69. The lowest BCUT2D eigenvalue weighted by Crippen LogP contribution is -2.70. The number of nitrogens with one attached hydrogen (secondary N) is 1. The molecule has 5 rings (SSSR count). The van der Waals surface area contributed by atoms with Crippen LogP contribution in [0.3, 0.4) is 0 Å². The van der Waals surface area contributed by atoms with Gasteiger partial charge < -0.3 is 59.2 Å². The van der Waals surface area contributed by atoms with Crippen LogP contribution in [0, 0.1) is 0 Å². The number of ether oxygens (including phenoxy) is 5. The van der Waals surface area contributed by atoms with E-state index < -0.39 is 79.3 Å². The number of likely N-dealkylation sites (N-methyl/N-ethyl adjacent to an activating group) is 2. The predicted octanol–water partition coefficient (Wildman–Crippen LogP) is 2.92. The number of nitrogens with zero attached hydrogens (tertiary/aromatic N) is 2. The van der Waals surface area contributed by atoms with E-state index in [0.717, 1.165) is 21.6 Å². The van der Waals surface area contributed by atoms with Crippen LogP contribution in [-0.4, -0.2) is 123 Å². The molecule has 54 heavy (non-hydrogen) atoms. The van der Waals surface area contributed by atoms with Crippen molar-refractivity contribution >= 4 is 18.3 Å². The third-order valence-electron chi connectivity index (χ3n) is 9.65. The Morgan fingerprint density at radius 2 is 1.28 bits per heavy atom. The third kappa shape index (κ3) is 10.0. The van der Waals surface area contributed by atoms with Crippen LogP contribution in [-0.2, 0) is 43.5 Å². The van der Waals surface area contributed by atoms with E-state index in [4.69, 9.17) is 23.7 Å². The molecular weight excluding hydrogens is 702 g/mol. The quantitative estimate of drug-likeness (QED) is 0.170. The number of hydrogen-bond donors (Lipinski definition) is 5. The zero-order chi connectivity index (χ0) is 38.8. The SMILES string of the molecule is CCN(C(=O)OCc1ccccc1)[C@@H]1C[C@@H](NC(=O)OCc2ccccc2)[C@@H](O)[C@@H](O)[C@@H]1O[C@H]1OC[C@](C)(O)C(N(C)C(=O)OCc2ccccc2)C1O. The van der Waals surface area contributed by atoms with Crippen LogP contribution in [0.25, 0.3) is 0 Å². The molecule has 3 aromatic carbocycles. The molecule has 9 atom stereocenters. The van der Waals surface area contributed by atoms with Gasteiger partial charge in [-0.15, -0.1) is 0 Å². The van der Waals surface area contributed by atoms with E-state index in [1.54, 1.807) is 79.7 Å². The Bertz CT molecular complexity index is 1650. The Balaban J connectivity index is 1.34. The fourth-order valence-corrected chi connectivity index (χ4v) is 6.84. The maximum absolute atomic E-state index is 13.6. The van der Waals surface area contributed by atoms with Crippen molar-refractivity contribution in [2.75, 3.05) is 20.2 Å². The molecule has 1 aliphatic carbocycles. The van der Waals surface area contributed by atoms with Crippen LogP contribution in [0.4, 0.5) is 14.4 Å². The molecule has 292 valence electrons. The van der Waals surface area contributed by atoms with Crippen molar-refractivity contribution in [3.05, 3.63) is 108 Å². The maximum atomic E-state index is 13.6. The van der Waals surface area contributed by atoms with Gasteiger partial charge in [-0.05, 0) is 37.0 Å². The second-order valence-electron chi connectivity index (χ2n) is 13.6. The molecule has 1 heterocycles. The van der Waals surface area contributed by atoms with Gasteiger partial charge in [0.1, 0.15) is 49.8 Å². The van der Waals surface area contributed by atoms with Gasteiger partial charge in [-0.25, -0.2) is 14.4 Å². The van der Waals surface area contributed by atoms with Crippen molar-refractivity contribution in [2.24, 2.45) is 0 Å². The maximum Gasteiger partial charge on any atom is 0.410 e. The Morgan fingerprint density at radius 1 is 0.778 bits per heavy atom. The summed E-state index contributed by atoms with van der Waals surface area (Å²) in [6, 6.07) is 23.5. The van der Waals surface area contributed by atoms with E-state index in [2.05, 4.69) is 5.32 Å². The van der Waals surface area contributed by atoms with E-state index in [-0.39, 0.29) is 32.8 Å². The third-order valence-corrected chi connectivity index (χ3v) is 9.65. The number of amides is 3. The van der Waals surface area contributed by atoms with E-state index >= 15 is 0 Å². The van der Waals surface area contributed by atoms with Crippen LogP contribution in [0.15, 0.2) is 91.0 Å². The fraction of sp³-hybridized carbons (Fsp3) is 0.462. The largest absolute Gasteiger partial charge is 0.445 e. The van der Waals surface area contributed by atoms with E-state index in [1.165, 1.54) is 18.9 Å². The van der Waals surface area contributed by atoms with Crippen LogP contribution < -0.4 is 5.32 Å². The minimum atomic E-state index is -1.77. The number of carbonyl (C=O) groups is 3. The topological polar surface area (TPSA) is 197 Å². The van der Waals surface area contributed by atoms with Gasteiger partial charge in [-0.1, -0.05) is 91.0 Å². The van der Waals surface area contributed by atoms with E-state index in [1.807, 2.05) is 18.2 Å². The molecule has 3 aromatic rings. The van der Waals surface area contributed by atoms with E-state index in [9.17, 15) is 34.8 Å². The molecule has 0 spiro atoms. The number of alkyl carbamates (subject to hydrolysis) is 1. The molecule has 0 bridgehead atoms. The monoisotopic (exact) mass is 751 g/mol. The van der Waals surface area contributed by atoms with Gasteiger partial charge in [0.05, 0.1) is 24.7 Å². The summed E-state index contributed by atoms with van der Waals surface area (Å²) in [5, 5.41) is 48.3. The molecular formula is C39H49N3O12. The zero-order valence-corrected chi connectivity index (χ0v) is 30.5. The number of benzene rings is 3. The van der Waals surface area contributed by atoms with Gasteiger partial charge in [-0.3, -0.25) is 0 Å². The number of aliphatic hydroxyl groups excluding tert-OH is 3. The minimum Gasteiger partial charge on any atom is -0.445 e. The number of hydrogen-bond acceptors (Lipinski definition) is 12. The lowest BCUT2D eigenvalue weighted by Gasteiger charge is -2.50. The molecule has 1 aliphatic heterocycles. The Morgan fingerprint density at radius 3 is 1.80 bits per heavy atom. The molecule has 2 unspecified atom stereocenters. The summed E-state index contributed by atoms with van der Waals surface area (Å²) < 4.78 is 28.4. The highest BCUT2D eigenvalue weighted by Crippen LogP contribution is 2.34. The summed E-state index contributed by atoms with van der Waals surface area (Å²) >= 11 is 0. The first-order chi connectivity index (χ1) is 25.9. The highest BCUT2D eigenvalue weighted by atomic mass is 16.7. The second kappa shape index (κ2) is 18.5. The summed E-state index contributed by atoms with van der Waals surface area (Å²) in [5.41, 5.74) is 0.434. The Labute approximate surface area is 313 Å². The van der Waals surface area contributed by atoms with Gasteiger partial charge in [0.2, 0.25) is 0 Å². The first-order valence-electron chi connectivity index (χ1n) is 17.8. The molecule has 0 radical (unpaired) electrons. The van der Waals surface area contributed by atoms with Crippen molar-refractivity contribution in [1.82, 2.24) is 15.1 Å². The molecule has 15 nitrogen and oxygen atoms in total. The standard InChI is InChI=1S/C39H49N3O12/c1-4-42(38(48)52-23-27-18-12-7-13-19-27)29-20-28(40-36(46)50-21-25-14-8-5-9-15-25)30(43)31(44)33(29)54-35-32(45)34(39(2,49)24-53-35)41(3)37(47)51-22-26-16-10-6-11-17-26/h5-19,28-35,43-45,49H,4,20-24H2,1-3H3,(H,40,46)/t28-,29-,30-,31-,32?,33-,34?,35-,39+/m1/s1. The van der Waals surface area contributed by atoms with Crippen LogP contribution in [0.2, 0.25) is 0 Å². The molecule has 1 saturated carbocycles. The van der Waals surface area contributed by atoms with E-state index in [0.29, 0.717) is 0 Å². The average molecular weight is 752 g/mol. The molecule has 3 amide bonds. The highest BCUT2D eigenvalue weighted by Gasteiger charge is 2.54. The normalized spacial score (nSPS) is 28.0. The molecule has 2 aliphatic rings. The Hall–Kier alpha value is -4.77. The predicted molar refractivity (Wildman–Crippen MR) is 192 cm³/mol. The number of carbonyl (C=O) groups excluding carboxylic acids is 3. The average Bonchev–Trinajstić information content (AvgIpc) is 3.17. The second-order valence-corrected chi connectivity index (χ2v) is 13.6. The molecule has 5 N–H and O–H groups in total. The van der Waals surface area contributed by atoms with Crippen molar-refractivity contribution in [3.8, 4) is 0 Å². The fourth-order valence-electron chi connectivity index (χ4n) is 6.84. The van der Waals surface area contributed by atoms with Gasteiger partial charge in [0, 0.05) is 13.6 Å². The van der Waals surface area contributed by atoms with Crippen LogP contribution >= 0.6 is 0 Å². The van der Waals surface area contributed by atoms with Gasteiger partial charge in [0.15, 0.2) is 6.29 Å². The summed E-state index contributed by atoms with van der Waals surface area (Å²) in [5.74, 6) is 0. The van der Waals surface area contributed by atoms with Gasteiger partial charge in [-0.2, -0.15) is 0 Å². The molecule has 15 heteroatoms. The lowest BCUT2D eigenvalue weighted by molar-refractivity contribution is -0.308. The van der Waals surface area contributed by atoms with Crippen LogP contribution in [0.5, 0.6) is 0 Å². The zero-order valence-electron chi connectivity index (χ0n) is 30.5. The molecule has 0 aromatic heterocycles. The Kier molecular flexibility index (Phi) is 13.9. The van der Waals surface area contributed by atoms with Crippen molar-refractivity contribution in [3.63, 3.8) is 0 Å². The summed E-state index contributed by atoms with van der Waals surface area (Å²) in [4.78, 5) is 42.0. The van der Waals surface area contributed by atoms with Crippen molar-refractivity contribution in [1.29, 1.82) is 0 Å². The number of aliphatic hydroxyl groups is 4. The molecule has 2 fully saturated rings. The number of rotatable bonds is 12. The smallest absolute Gasteiger partial charge is 0.410 e. The summed E-state index contributed by atoms with van der Waals surface area (Å²) in [6.07, 6.45) is -10.6. The summed E-state index contributed by atoms with van der Waals surface area (Å²) in [7, 11) is 1.36. The van der Waals surface area contributed by atoms with Gasteiger partial charge >= 0.3 is 18.3 Å². The minimum absolute atomic E-state index is 0.0454. The molecule has 1 saturated heterocycles.